The van der Waals surface area contributed by atoms with Gasteiger partial charge < -0.3 is 10.1 Å². The van der Waals surface area contributed by atoms with Crippen LogP contribution < -0.4 is 5.32 Å². The minimum absolute atomic E-state index is 0.111. The Kier molecular flexibility index (Phi) is 9.10. The molecule has 1 amide bonds. The third-order valence-corrected chi connectivity index (χ3v) is 1.97. The standard InChI is InChI=1S/C10H20ClNO2/c1-3-4-7-14-8-5-6-12-10(13)9(2)11/h9H,3-8H2,1-2H3,(H,12,13). The molecule has 0 aliphatic heterocycles. The zero-order chi connectivity index (χ0) is 10.8. The Balaban J connectivity index is 3.10. The number of hydrogen-bond acceptors (Lipinski definition) is 2. The van der Waals surface area contributed by atoms with Crippen LogP contribution in [0.2, 0.25) is 0 Å². The lowest BCUT2D eigenvalue weighted by atomic mass is 10.3. The topological polar surface area (TPSA) is 38.3 Å². The summed E-state index contributed by atoms with van der Waals surface area (Å²) in [6, 6.07) is 0. The van der Waals surface area contributed by atoms with Crippen molar-refractivity contribution in [3.63, 3.8) is 0 Å². The molecule has 14 heavy (non-hydrogen) atoms. The van der Waals surface area contributed by atoms with Crippen LogP contribution in [0.1, 0.15) is 33.1 Å². The molecule has 3 nitrogen and oxygen atoms in total. The van der Waals surface area contributed by atoms with Gasteiger partial charge in [0.25, 0.3) is 0 Å². The van der Waals surface area contributed by atoms with Crippen molar-refractivity contribution in [1.82, 2.24) is 5.32 Å². The molecule has 0 aromatic heterocycles. The average molecular weight is 222 g/mol. The number of hydrogen-bond donors (Lipinski definition) is 1. The van der Waals surface area contributed by atoms with Crippen LogP contribution in [0.15, 0.2) is 0 Å². The van der Waals surface area contributed by atoms with Gasteiger partial charge in [0.2, 0.25) is 5.91 Å². The molecule has 0 bridgehead atoms. The summed E-state index contributed by atoms with van der Waals surface area (Å²) in [7, 11) is 0. The molecule has 0 aromatic rings. The van der Waals surface area contributed by atoms with E-state index in [4.69, 9.17) is 16.3 Å². The Morgan fingerprint density at radius 3 is 2.64 bits per heavy atom. The normalized spacial score (nSPS) is 12.5. The molecular formula is C10H20ClNO2. The molecule has 0 saturated carbocycles. The first-order valence-corrected chi connectivity index (χ1v) is 5.61. The maximum Gasteiger partial charge on any atom is 0.237 e. The smallest absolute Gasteiger partial charge is 0.237 e. The summed E-state index contributed by atoms with van der Waals surface area (Å²) in [5.41, 5.74) is 0. The third kappa shape index (κ3) is 8.32. The molecule has 4 heteroatoms. The van der Waals surface area contributed by atoms with Gasteiger partial charge in [-0.05, 0) is 19.8 Å². The number of alkyl halides is 1. The van der Waals surface area contributed by atoms with E-state index in [9.17, 15) is 4.79 Å². The highest BCUT2D eigenvalue weighted by Crippen LogP contribution is 1.93. The van der Waals surface area contributed by atoms with E-state index in [-0.39, 0.29) is 5.91 Å². The zero-order valence-corrected chi connectivity index (χ0v) is 9.77. The van der Waals surface area contributed by atoms with Crippen molar-refractivity contribution in [1.29, 1.82) is 0 Å². The SMILES string of the molecule is CCCCOCCCNC(=O)C(C)Cl. The Hall–Kier alpha value is -0.280. The van der Waals surface area contributed by atoms with E-state index in [2.05, 4.69) is 12.2 Å². The van der Waals surface area contributed by atoms with Crippen LogP contribution in [-0.2, 0) is 9.53 Å². The summed E-state index contributed by atoms with van der Waals surface area (Å²) >= 11 is 5.57. The molecule has 0 aromatic carbocycles. The van der Waals surface area contributed by atoms with E-state index in [1.54, 1.807) is 6.92 Å². The molecule has 0 spiro atoms. The molecule has 1 unspecified atom stereocenters. The van der Waals surface area contributed by atoms with Crippen molar-refractivity contribution in [2.75, 3.05) is 19.8 Å². The summed E-state index contributed by atoms with van der Waals surface area (Å²) < 4.78 is 5.33. The predicted molar refractivity (Wildman–Crippen MR) is 58.7 cm³/mol. The fourth-order valence-electron chi connectivity index (χ4n) is 0.875. The zero-order valence-electron chi connectivity index (χ0n) is 9.01. The van der Waals surface area contributed by atoms with Gasteiger partial charge >= 0.3 is 0 Å². The molecule has 0 radical (unpaired) electrons. The average Bonchev–Trinajstić information content (AvgIpc) is 2.16. The van der Waals surface area contributed by atoms with Gasteiger partial charge in [0.15, 0.2) is 0 Å². The highest BCUT2D eigenvalue weighted by Gasteiger charge is 2.06. The summed E-state index contributed by atoms with van der Waals surface area (Å²) in [6.45, 7) is 5.95. The van der Waals surface area contributed by atoms with E-state index in [0.29, 0.717) is 13.2 Å². The fourth-order valence-corrected chi connectivity index (χ4v) is 0.952. The quantitative estimate of drug-likeness (QED) is 0.503. The number of carbonyl (C=O) groups is 1. The second-order valence-corrected chi connectivity index (χ2v) is 3.88. The summed E-state index contributed by atoms with van der Waals surface area (Å²) in [5, 5.41) is 2.27. The molecular weight excluding hydrogens is 202 g/mol. The Bertz CT molecular complexity index is 151. The molecule has 1 N–H and O–H groups in total. The van der Waals surface area contributed by atoms with E-state index in [1.165, 1.54) is 0 Å². The number of halogens is 1. The first-order chi connectivity index (χ1) is 6.68. The molecule has 0 aliphatic rings. The molecule has 0 saturated heterocycles. The van der Waals surface area contributed by atoms with Gasteiger partial charge in [0.1, 0.15) is 5.38 Å². The van der Waals surface area contributed by atoms with Gasteiger partial charge in [-0.1, -0.05) is 13.3 Å². The number of carbonyl (C=O) groups excluding carboxylic acids is 1. The minimum atomic E-state index is -0.448. The van der Waals surface area contributed by atoms with Crippen LogP contribution in [0.5, 0.6) is 0 Å². The van der Waals surface area contributed by atoms with Gasteiger partial charge in [0, 0.05) is 19.8 Å². The molecule has 1 atom stereocenters. The number of amides is 1. The predicted octanol–water partition coefficient (Wildman–Crippen LogP) is 1.94. The summed E-state index contributed by atoms with van der Waals surface area (Å²) in [4.78, 5) is 11.0. The molecule has 0 aliphatic carbocycles. The van der Waals surface area contributed by atoms with E-state index >= 15 is 0 Å². The van der Waals surface area contributed by atoms with Crippen molar-refractivity contribution >= 4 is 17.5 Å². The van der Waals surface area contributed by atoms with E-state index < -0.39 is 5.38 Å². The number of unbranched alkanes of at least 4 members (excludes halogenated alkanes) is 1. The van der Waals surface area contributed by atoms with Crippen molar-refractivity contribution in [2.45, 2.75) is 38.5 Å². The molecule has 0 heterocycles. The minimum Gasteiger partial charge on any atom is -0.381 e. The largest absolute Gasteiger partial charge is 0.381 e. The van der Waals surface area contributed by atoms with Gasteiger partial charge in [-0.15, -0.1) is 11.6 Å². The Labute approximate surface area is 91.2 Å². The molecule has 0 rings (SSSR count). The van der Waals surface area contributed by atoms with Crippen LogP contribution in [-0.4, -0.2) is 31.0 Å². The maximum atomic E-state index is 11.0. The van der Waals surface area contributed by atoms with Crippen LogP contribution in [0.4, 0.5) is 0 Å². The van der Waals surface area contributed by atoms with Crippen LogP contribution >= 0.6 is 11.6 Å². The van der Waals surface area contributed by atoms with Crippen LogP contribution in [0.25, 0.3) is 0 Å². The van der Waals surface area contributed by atoms with Crippen molar-refractivity contribution in [3.05, 3.63) is 0 Å². The maximum absolute atomic E-state index is 11.0. The van der Waals surface area contributed by atoms with Gasteiger partial charge in [0.05, 0.1) is 0 Å². The van der Waals surface area contributed by atoms with E-state index in [0.717, 1.165) is 25.9 Å². The van der Waals surface area contributed by atoms with Crippen LogP contribution in [0, 0.1) is 0 Å². The second-order valence-electron chi connectivity index (χ2n) is 3.23. The van der Waals surface area contributed by atoms with E-state index in [1.807, 2.05) is 0 Å². The number of ether oxygens (including phenoxy) is 1. The van der Waals surface area contributed by atoms with Crippen molar-refractivity contribution < 1.29 is 9.53 Å². The van der Waals surface area contributed by atoms with Crippen molar-refractivity contribution in [2.24, 2.45) is 0 Å². The summed E-state index contributed by atoms with van der Waals surface area (Å²) in [5.74, 6) is -0.111. The van der Waals surface area contributed by atoms with Gasteiger partial charge in [-0.2, -0.15) is 0 Å². The number of rotatable bonds is 8. The Morgan fingerprint density at radius 2 is 2.07 bits per heavy atom. The monoisotopic (exact) mass is 221 g/mol. The third-order valence-electron chi connectivity index (χ3n) is 1.77. The lowest BCUT2D eigenvalue weighted by Gasteiger charge is -2.06. The molecule has 0 fully saturated rings. The van der Waals surface area contributed by atoms with Gasteiger partial charge in [-0.3, -0.25) is 4.79 Å². The lowest BCUT2D eigenvalue weighted by molar-refractivity contribution is -0.120. The fraction of sp³-hybridized carbons (Fsp3) is 0.900. The number of nitrogens with one attached hydrogen (secondary N) is 1. The van der Waals surface area contributed by atoms with Crippen molar-refractivity contribution in [3.8, 4) is 0 Å². The second kappa shape index (κ2) is 9.28. The van der Waals surface area contributed by atoms with Crippen LogP contribution in [0.3, 0.4) is 0 Å². The Morgan fingerprint density at radius 1 is 1.43 bits per heavy atom. The molecule has 84 valence electrons. The highest BCUT2D eigenvalue weighted by molar-refractivity contribution is 6.30. The lowest BCUT2D eigenvalue weighted by Crippen LogP contribution is -2.30. The van der Waals surface area contributed by atoms with Gasteiger partial charge in [-0.25, -0.2) is 0 Å². The first-order valence-electron chi connectivity index (χ1n) is 5.18. The first kappa shape index (κ1) is 13.7. The highest BCUT2D eigenvalue weighted by atomic mass is 35.5. The summed E-state index contributed by atoms with van der Waals surface area (Å²) in [6.07, 6.45) is 3.10.